The van der Waals surface area contributed by atoms with Crippen molar-refractivity contribution in [2.45, 2.75) is 25.4 Å². The van der Waals surface area contributed by atoms with Gasteiger partial charge in [0.2, 0.25) is 5.91 Å². The highest BCUT2D eigenvalue weighted by Gasteiger charge is 2.29. The van der Waals surface area contributed by atoms with Gasteiger partial charge in [0, 0.05) is 38.4 Å². The zero-order valence-corrected chi connectivity index (χ0v) is 13.9. The molecule has 1 atom stereocenters. The first-order chi connectivity index (χ1) is 10.6. The third-order valence-electron chi connectivity index (χ3n) is 4.24. The van der Waals surface area contributed by atoms with E-state index in [1.165, 1.54) is 11.1 Å². The lowest BCUT2D eigenvalue weighted by Gasteiger charge is -2.25. The summed E-state index contributed by atoms with van der Waals surface area (Å²) in [6, 6.07) is 2.40. The Kier molecular flexibility index (Phi) is 4.59. The third kappa shape index (κ3) is 3.39. The number of nitrogens with zero attached hydrogens (tertiary/aromatic N) is 4. The SMILES string of the molecule is CN(Cc1ccsc1)C(=O)CN1CCCC1c1cnn(C)c1. The van der Waals surface area contributed by atoms with Crippen LogP contribution in [0.4, 0.5) is 0 Å². The lowest BCUT2D eigenvalue weighted by Crippen LogP contribution is -2.37. The van der Waals surface area contributed by atoms with Crippen LogP contribution in [-0.2, 0) is 18.4 Å². The molecule has 1 aliphatic heterocycles. The number of likely N-dealkylation sites (tertiary alicyclic amines) is 1. The van der Waals surface area contributed by atoms with Crippen LogP contribution < -0.4 is 0 Å². The van der Waals surface area contributed by atoms with E-state index in [0.29, 0.717) is 19.1 Å². The maximum atomic E-state index is 12.5. The number of aromatic nitrogens is 2. The van der Waals surface area contributed by atoms with Crippen molar-refractivity contribution in [1.29, 1.82) is 0 Å². The molecule has 0 spiro atoms. The van der Waals surface area contributed by atoms with E-state index in [1.54, 1.807) is 11.3 Å². The van der Waals surface area contributed by atoms with E-state index in [0.717, 1.165) is 19.4 Å². The Bertz CT molecular complexity index is 622. The van der Waals surface area contributed by atoms with Gasteiger partial charge >= 0.3 is 0 Å². The Morgan fingerprint density at radius 1 is 1.55 bits per heavy atom. The number of rotatable bonds is 5. The number of thiophene rings is 1. The summed E-state index contributed by atoms with van der Waals surface area (Å²) in [5, 5.41) is 8.40. The summed E-state index contributed by atoms with van der Waals surface area (Å²) in [6.45, 7) is 2.16. The molecule has 3 rings (SSSR count). The second-order valence-corrected chi connectivity index (χ2v) is 6.74. The van der Waals surface area contributed by atoms with Crippen LogP contribution >= 0.6 is 11.3 Å². The first-order valence-corrected chi connectivity index (χ1v) is 8.55. The molecular weight excluding hydrogens is 296 g/mol. The van der Waals surface area contributed by atoms with Crippen LogP contribution in [0.2, 0.25) is 0 Å². The molecule has 0 N–H and O–H groups in total. The van der Waals surface area contributed by atoms with E-state index in [-0.39, 0.29) is 5.91 Å². The molecule has 0 saturated carbocycles. The quantitative estimate of drug-likeness (QED) is 0.849. The van der Waals surface area contributed by atoms with Crippen molar-refractivity contribution in [2.24, 2.45) is 7.05 Å². The lowest BCUT2D eigenvalue weighted by atomic mass is 10.1. The van der Waals surface area contributed by atoms with Gasteiger partial charge in [0.1, 0.15) is 0 Å². The fraction of sp³-hybridized carbons (Fsp3) is 0.500. The van der Waals surface area contributed by atoms with E-state index in [4.69, 9.17) is 0 Å². The summed E-state index contributed by atoms with van der Waals surface area (Å²) in [5.74, 6) is 0.182. The highest BCUT2D eigenvalue weighted by molar-refractivity contribution is 7.07. The van der Waals surface area contributed by atoms with Gasteiger partial charge in [-0.15, -0.1) is 0 Å². The fourth-order valence-corrected chi connectivity index (χ4v) is 3.70. The maximum Gasteiger partial charge on any atom is 0.236 e. The normalized spacial score (nSPS) is 18.7. The Hall–Kier alpha value is -1.66. The van der Waals surface area contributed by atoms with Gasteiger partial charge in [0.05, 0.1) is 12.7 Å². The first-order valence-electron chi connectivity index (χ1n) is 7.61. The average Bonchev–Trinajstić information content (AvgIpc) is 3.20. The number of hydrogen-bond acceptors (Lipinski definition) is 4. The molecule has 5 nitrogen and oxygen atoms in total. The Morgan fingerprint density at radius 2 is 2.41 bits per heavy atom. The van der Waals surface area contributed by atoms with Gasteiger partial charge in [0.25, 0.3) is 0 Å². The largest absolute Gasteiger partial charge is 0.340 e. The van der Waals surface area contributed by atoms with Crippen LogP contribution in [0.1, 0.15) is 30.0 Å². The predicted octanol–water partition coefficient (Wildman–Crippen LogP) is 2.28. The molecule has 2 aromatic heterocycles. The standard InChI is InChI=1S/C16H22N4OS/c1-18(9-13-5-7-22-12-13)16(21)11-20-6-3-4-15(20)14-8-17-19(2)10-14/h5,7-8,10,12,15H,3-4,6,9,11H2,1-2H3. The average molecular weight is 318 g/mol. The Labute approximate surface area is 135 Å². The highest BCUT2D eigenvalue weighted by Crippen LogP contribution is 2.31. The third-order valence-corrected chi connectivity index (χ3v) is 4.97. The molecule has 0 radical (unpaired) electrons. The number of hydrogen-bond donors (Lipinski definition) is 0. The van der Waals surface area contributed by atoms with E-state index in [2.05, 4.69) is 27.6 Å². The van der Waals surface area contributed by atoms with Gasteiger partial charge in [-0.3, -0.25) is 14.4 Å². The van der Waals surface area contributed by atoms with Crippen molar-refractivity contribution >= 4 is 17.2 Å². The highest BCUT2D eigenvalue weighted by atomic mass is 32.1. The van der Waals surface area contributed by atoms with E-state index >= 15 is 0 Å². The van der Waals surface area contributed by atoms with Crippen molar-refractivity contribution in [3.63, 3.8) is 0 Å². The number of carbonyl (C=O) groups is 1. The van der Waals surface area contributed by atoms with Gasteiger partial charge < -0.3 is 4.90 Å². The van der Waals surface area contributed by atoms with Gasteiger partial charge in [-0.05, 0) is 41.8 Å². The number of aryl methyl sites for hydroxylation is 1. The van der Waals surface area contributed by atoms with Gasteiger partial charge in [-0.1, -0.05) is 0 Å². The molecule has 0 bridgehead atoms. The van der Waals surface area contributed by atoms with Crippen molar-refractivity contribution in [3.8, 4) is 0 Å². The molecular formula is C16H22N4OS. The second kappa shape index (κ2) is 6.62. The van der Waals surface area contributed by atoms with Crippen LogP contribution in [0.15, 0.2) is 29.2 Å². The van der Waals surface area contributed by atoms with Crippen LogP contribution in [0.5, 0.6) is 0 Å². The fourth-order valence-electron chi connectivity index (χ4n) is 3.04. The molecule has 0 aliphatic carbocycles. The Balaban J connectivity index is 1.60. The Morgan fingerprint density at radius 3 is 3.09 bits per heavy atom. The molecule has 1 saturated heterocycles. The maximum absolute atomic E-state index is 12.5. The van der Waals surface area contributed by atoms with Crippen LogP contribution in [-0.4, -0.2) is 45.6 Å². The number of carbonyl (C=O) groups excluding carboxylic acids is 1. The number of amides is 1. The van der Waals surface area contributed by atoms with E-state index in [9.17, 15) is 4.79 Å². The minimum atomic E-state index is 0.182. The lowest BCUT2D eigenvalue weighted by molar-refractivity contribution is -0.131. The first kappa shape index (κ1) is 15.2. The number of likely N-dealkylation sites (N-methyl/N-ethyl adjacent to an activating group) is 1. The topological polar surface area (TPSA) is 41.4 Å². The van der Waals surface area contributed by atoms with Crippen LogP contribution in [0.3, 0.4) is 0 Å². The molecule has 3 heterocycles. The van der Waals surface area contributed by atoms with Crippen LogP contribution in [0.25, 0.3) is 0 Å². The zero-order valence-electron chi connectivity index (χ0n) is 13.1. The summed E-state index contributed by atoms with van der Waals surface area (Å²) in [7, 11) is 3.82. The summed E-state index contributed by atoms with van der Waals surface area (Å²) >= 11 is 1.67. The summed E-state index contributed by atoms with van der Waals surface area (Å²) in [4.78, 5) is 16.6. The molecule has 118 valence electrons. The van der Waals surface area contributed by atoms with Crippen LogP contribution in [0, 0.1) is 0 Å². The molecule has 2 aromatic rings. The summed E-state index contributed by atoms with van der Waals surface area (Å²) in [5.41, 5.74) is 2.42. The second-order valence-electron chi connectivity index (χ2n) is 5.96. The van der Waals surface area contributed by atoms with Crippen molar-refractivity contribution in [3.05, 3.63) is 40.3 Å². The molecule has 22 heavy (non-hydrogen) atoms. The molecule has 0 aromatic carbocycles. The predicted molar refractivity (Wildman–Crippen MR) is 87.5 cm³/mol. The van der Waals surface area contributed by atoms with Crippen molar-refractivity contribution < 1.29 is 4.79 Å². The van der Waals surface area contributed by atoms with Gasteiger partial charge in [0.15, 0.2) is 0 Å². The van der Waals surface area contributed by atoms with E-state index < -0.39 is 0 Å². The molecule has 1 amide bonds. The molecule has 6 heteroatoms. The molecule has 1 fully saturated rings. The minimum absolute atomic E-state index is 0.182. The summed E-state index contributed by atoms with van der Waals surface area (Å²) < 4.78 is 1.83. The minimum Gasteiger partial charge on any atom is -0.340 e. The zero-order chi connectivity index (χ0) is 15.5. The monoisotopic (exact) mass is 318 g/mol. The molecule has 1 aliphatic rings. The van der Waals surface area contributed by atoms with Crippen molar-refractivity contribution in [1.82, 2.24) is 19.6 Å². The summed E-state index contributed by atoms with van der Waals surface area (Å²) in [6.07, 6.45) is 6.22. The van der Waals surface area contributed by atoms with Gasteiger partial charge in [-0.2, -0.15) is 16.4 Å². The molecule has 1 unspecified atom stereocenters. The van der Waals surface area contributed by atoms with Gasteiger partial charge in [-0.25, -0.2) is 0 Å². The smallest absolute Gasteiger partial charge is 0.236 e. The van der Waals surface area contributed by atoms with Crippen molar-refractivity contribution in [2.75, 3.05) is 20.1 Å². The van der Waals surface area contributed by atoms with E-state index in [1.807, 2.05) is 35.3 Å².